The third-order valence-corrected chi connectivity index (χ3v) is 6.02. The molecule has 0 aliphatic carbocycles. The molecule has 3 nitrogen and oxygen atoms in total. The molecule has 4 rings (SSSR count). The van der Waals surface area contributed by atoms with E-state index in [4.69, 9.17) is 0 Å². The Labute approximate surface area is 128 Å². The van der Waals surface area contributed by atoms with E-state index >= 15 is 0 Å². The second-order valence-corrected chi connectivity index (χ2v) is 7.34. The summed E-state index contributed by atoms with van der Waals surface area (Å²) in [5, 5.41) is 4.40. The van der Waals surface area contributed by atoms with Crippen LogP contribution in [0.15, 0.2) is 30.3 Å². The van der Waals surface area contributed by atoms with E-state index in [-0.39, 0.29) is 11.4 Å². The molecule has 1 amide bonds. The van der Waals surface area contributed by atoms with Crippen LogP contribution in [0.25, 0.3) is 10.1 Å². The predicted octanol–water partition coefficient (Wildman–Crippen LogP) is 3.15. The molecule has 21 heavy (non-hydrogen) atoms. The Kier molecular flexibility index (Phi) is 3.23. The van der Waals surface area contributed by atoms with Crippen molar-refractivity contribution in [2.45, 2.75) is 37.8 Å². The Morgan fingerprint density at radius 1 is 1.24 bits per heavy atom. The van der Waals surface area contributed by atoms with Crippen LogP contribution in [0.3, 0.4) is 0 Å². The summed E-state index contributed by atoms with van der Waals surface area (Å²) in [6.45, 7) is 2.80. The van der Waals surface area contributed by atoms with Crippen LogP contribution in [0, 0.1) is 0 Å². The highest BCUT2D eigenvalue weighted by Gasteiger charge is 2.48. The van der Waals surface area contributed by atoms with Crippen LogP contribution in [0.4, 0.5) is 0 Å². The van der Waals surface area contributed by atoms with E-state index in [1.165, 1.54) is 15.0 Å². The molecule has 3 heterocycles. The van der Waals surface area contributed by atoms with Gasteiger partial charge in [0.1, 0.15) is 5.54 Å². The third-order valence-electron chi connectivity index (χ3n) is 4.92. The lowest BCUT2D eigenvalue weighted by molar-refractivity contribution is -0.134. The highest BCUT2D eigenvalue weighted by atomic mass is 32.1. The van der Waals surface area contributed by atoms with E-state index in [0.717, 1.165) is 45.3 Å². The molecule has 2 aromatic rings. The maximum Gasteiger partial charge on any atom is 0.240 e. The first-order valence-electron chi connectivity index (χ1n) is 7.79. The number of piperidine rings is 1. The summed E-state index contributed by atoms with van der Waals surface area (Å²) in [5.74, 6) is 0.257. The molecule has 1 spiro atoms. The molecule has 110 valence electrons. The third kappa shape index (κ3) is 2.17. The molecular weight excluding hydrogens is 280 g/mol. The number of thiophene rings is 1. The molecule has 2 saturated heterocycles. The van der Waals surface area contributed by atoms with E-state index in [9.17, 15) is 4.79 Å². The minimum atomic E-state index is -0.228. The van der Waals surface area contributed by atoms with Gasteiger partial charge in [0.15, 0.2) is 0 Å². The minimum absolute atomic E-state index is 0.228. The van der Waals surface area contributed by atoms with Crippen molar-refractivity contribution < 1.29 is 4.79 Å². The van der Waals surface area contributed by atoms with Crippen LogP contribution in [0.2, 0.25) is 0 Å². The summed E-state index contributed by atoms with van der Waals surface area (Å²) < 4.78 is 1.34. The van der Waals surface area contributed by atoms with Gasteiger partial charge >= 0.3 is 0 Å². The van der Waals surface area contributed by atoms with Crippen LogP contribution in [0.5, 0.6) is 0 Å². The zero-order chi connectivity index (χ0) is 14.3. The number of hydrogen-bond acceptors (Lipinski definition) is 3. The molecule has 4 heteroatoms. The van der Waals surface area contributed by atoms with E-state index in [2.05, 4.69) is 40.5 Å². The van der Waals surface area contributed by atoms with Crippen molar-refractivity contribution in [1.82, 2.24) is 10.2 Å². The fourth-order valence-electron chi connectivity index (χ4n) is 3.87. The van der Waals surface area contributed by atoms with Gasteiger partial charge in [0, 0.05) is 22.7 Å². The van der Waals surface area contributed by atoms with Crippen LogP contribution in [-0.4, -0.2) is 29.4 Å². The summed E-state index contributed by atoms with van der Waals surface area (Å²) >= 11 is 1.86. The molecule has 0 radical (unpaired) electrons. The maximum absolute atomic E-state index is 12.4. The Morgan fingerprint density at radius 3 is 2.95 bits per heavy atom. The van der Waals surface area contributed by atoms with Gasteiger partial charge in [-0.15, -0.1) is 11.3 Å². The van der Waals surface area contributed by atoms with Gasteiger partial charge in [-0.05, 0) is 49.7 Å². The molecule has 0 saturated carbocycles. The molecule has 2 aliphatic rings. The minimum Gasteiger partial charge on any atom is -0.354 e. The lowest BCUT2D eigenvalue weighted by Gasteiger charge is -2.40. The number of carbonyl (C=O) groups excluding carboxylic acids is 1. The SMILES string of the molecule is O=C1NCCCC12CCCN2Cc1cc2ccccc2s1. The second-order valence-electron chi connectivity index (χ2n) is 6.17. The first-order chi connectivity index (χ1) is 10.3. The molecule has 2 fully saturated rings. The predicted molar refractivity (Wildman–Crippen MR) is 86.4 cm³/mol. The number of carbonyl (C=O) groups is 1. The summed E-state index contributed by atoms with van der Waals surface area (Å²) in [6.07, 6.45) is 4.28. The Morgan fingerprint density at radius 2 is 2.10 bits per heavy atom. The zero-order valence-electron chi connectivity index (χ0n) is 12.1. The van der Waals surface area contributed by atoms with Crippen molar-refractivity contribution in [2.75, 3.05) is 13.1 Å². The maximum atomic E-state index is 12.4. The standard InChI is InChI=1S/C17H20N2OS/c20-16-17(7-3-9-18-16)8-4-10-19(17)12-14-11-13-5-1-2-6-15(13)21-14/h1-2,5-6,11H,3-4,7-10,12H2,(H,18,20). The van der Waals surface area contributed by atoms with Gasteiger partial charge in [0.2, 0.25) is 5.91 Å². The quantitative estimate of drug-likeness (QED) is 0.924. The molecule has 1 aromatic carbocycles. The smallest absolute Gasteiger partial charge is 0.240 e. The van der Waals surface area contributed by atoms with Gasteiger partial charge in [0.25, 0.3) is 0 Å². The molecule has 1 atom stereocenters. The number of fused-ring (bicyclic) bond motifs is 1. The van der Waals surface area contributed by atoms with Crippen LogP contribution < -0.4 is 5.32 Å². The Bertz CT molecular complexity index is 647. The summed E-state index contributed by atoms with van der Waals surface area (Å²) in [6, 6.07) is 10.8. The molecule has 1 unspecified atom stereocenters. The second kappa shape index (κ2) is 5.11. The average molecular weight is 300 g/mol. The van der Waals surface area contributed by atoms with Crippen LogP contribution >= 0.6 is 11.3 Å². The fourth-order valence-corrected chi connectivity index (χ4v) is 4.95. The summed E-state index contributed by atoms with van der Waals surface area (Å²) in [4.78, 5) is 16.2. The van der Waals surface area contributed by atoms with Crippen molar-refractivity contribution in [3.8, 4) is 0 Å². The topological polar surface area (TPSA) is 32.3 Å². The van der Waals surface area contributed by atoms with E-state index in [1.807, 2.05) is 11.3 Å². The van der Waals surface area contributed by atoms with E-state index in [0.29, 0.717) is 0 Å². The number of amides is 1. The van der Waals surface area contributed by atoms with Gasteiger partial charge in [-0.3, -0.25) is 9.69 Å². The number of likely N-dealkylation sites (tertiary alicyclic amines) is 1. The van der Waals surface area contributed by atoms with Gasteiger partial charge in [-0.25, -0.2) is 0 Å². The van der Waals surface area contributed by atoms with Crippen molar-refractivity contribution in [2.24, 2.45) is 0 Å². The van der Waals surface area contributed by atoms with E-state index in [1.54, 1.807) is 0 Å². The van der Waals surface area contributed by atoms with Crippen molar-refractivity contribution in [3.63, 3.8) is 0 Å². The van der Waals surface area contributed by atoms with Gasteiger partial charge in [-0.2, -0.15) is 0 Å². The molecule has 0 bridgehead atoms. The van der Waals surface area contributed by atoms with Crippen LogP contribution in [0.1, 0.15) is 30.6 Å². The molecule has 1 N–H and O–H groups in total. The summed E-state index contributed by atoms with van der Waals surface area (Å²) in [7, 11) is 0. The lowest BCUT2D eigenvalue weighted by atomic mass is 9.86. The van der Waals surface area contributed by atoms with Gasteiger partial charge in [-0.1, -0.05) is 18.2 Å². The average Bonchev–Trinajstić information content (AvgIpc) is 3.07. The molecule has 2 aliphatic heterocycles. The largest absolute Gasteiger partial charge is 0.354 e. The Balaban J connectivity index is 1.62. The molecule has 1 aromatic heterocycles. The van der Waals surface area contributed by atoms with Crippen molar-refractivity contribution in [3.05, 3.63) is 35.2 Å². The monoisotopic (exact) mass is 300 g/mol. The number of nitrogens with one attached hydrogen (secondary N) is 1. The fraction of sp³-hybridized carbons (Fsp3) is 0.471. The van der Waals surface area contributed by atoms with Crippen molar-refractivity contribution in [1.29, 1.82) is 0 Å². The molecular formula is C17H20N2OS. The van der Waals surface area contributed by atoms with Crippen LogP contribution in [-0.2, 0) is 11.3 Å². The first-order valence-corrected chi connectivity index (χ1v) is 8.60. The highest BCUT2D eigenvalue weighted by Crippen LogP contribution is 2.38. The van der Waals surface area contributed by atoms with Gasteiger partial charge in [0.05, 0.1) is 0 Å². The normalized spacial score (nSPS) is 26.6. The Hall–Kier alpha value is -1.39. The zero-order valence-corrected chi connectivity index (χ0v) is 12.9. The number of hydrogen-bond donors (Lipinski definition) is 1. The lowest BCUT2D eigenvalue weighted by Crippen LogP contribution is -2.58. The number of rotatable bonds is 2. The first kappa shape index (κ1) is 13.3. The number of nitrogens with zero attached hydrogens (tertiary/aromatic N) is 1. The number of benzene rings is 1. The highest BCUT2D eigenvalue weighted by molar-refractivity contribution is 7.19. The summed E-state index contributed by atoms with van der Waals surface area (Å²) in [5.41, 5.74) is -0.228. The van der Waals surface area contributed by atoms with Crippen molar-refractivity contribution >= 4 is 27.3 Å². The van der Waals surface area contributed by atoms with E-state index < -0.39 is 0 Å². The van der Waals surface area contributed by atoms with Gasteiger partial charge < -0.3 is 5.32 Å².